The van der Waals surface area contributed by atoms with Crippen LogP contribution in [0.3, 0.4) is 0 Å². The molecule has 0 bridgehead atoms. The first-order valence-electron chi connectivity index (χ1n) is 6.09. The first-order chi connectivity index (χ1) is 9.28. The van der Waals surface area contributed by atoms with E-state index in [9.17, 15) is 0 Å². The molecule has 3 rings (SSSR count). The van der Waals surface area contributed by atoms with E-state index in [-0.39, 0.29) is 0 Å². The Kier molecular flexibility index (Phi) is 3.44. The molecule has 96 valence electrons. The quantitative estimate of drug-likeness (QED) is 0.708. The Balaban J connectivity index is 2.13. The number of thiol groups is 1. The summed E-state index contributed by atoms with van der Waals surface area (Å²) in [6, 6.07) is 14.1. The second kappa shape index (κ2) is 5.23. The van der Waals surface area contributed by atoms with Gasteiger partial charge in [0, 0.05) is 10.5 Å². The van der Waals surface area contributed by atoms with E-state index in [1.54, 1.807) is 11.3 Å². The number of nitrogens with zero attached hydrogens (tertiary/aromatic N) is 1. The molecule has 0 atom stereocenters. The lowest BCUT2D eigenvalue weighted by Crippen LogP contribution is -1.90. The normalized spacial score (nSPS) is 10.8. The molecular formula is C15H13NOS2. The first kappa shape index (κ1) is 12.5. The summed E-state index contributed by atoms with van der Waals surface area (Å²) in [6.07, 6.45) is 0. The second-order valence-electron chi connectivity index (χ2n) is 4.11. The van der Waals surface area contributed by atoms with Gasteiger partial charge in [-0.25, -0.2) is 4.98 Å². The molecule has 0 unspecified atom stereocenters. The molecule has 19 heavy (non-hydrogen) atoms. The Morgan fingerprint density at radius 2 is 2.00 bits per heavy atom. The zero-order valence-electron chi connectivity index (χ0n) is 10.5. The van der Waals surface area contributed by atoms with Gasteiger partial charge in [0.05, 0.1) is 16.8 Å². The van der Waals surface area contributed by atoms with Crippen LogP contribution < -0.4 is 4.74 Å². The number of rotatable bonds is 3. The SMILES string of the molecule is CCOc1cc(S)c2nc(-c3ccccc3)sc2c1. The Hall–Kier alpha value is -1.52. The molecule has 0 fully saturated rings. The minimum atomic E-state index is 0.656. The molecule has 0 radical (unpaired) electrons. The molecule has 0 aliphatic heterocycles. The van der Waals surface area contributed by atoms with Crippen molar-refractivity contribution in [3.05, 3.63) is 42.5 Å². The smallest absolute Gasteiger partial charge is 0.124 e. The van der Waals surface area contributed by atoms with E-state index in [1.807, 2.05) is 37.3 Å². The number of benzene rings is 2. The molecule has 0 spiro atoms. The summed E-state index contributed by atoms with van der Waals surface area (Å²) in [6.45, 7) is 2.63. The number of hydrogen-bond acceptors (Lipinski definition) is 4. The molecule has 3 aromatic rings. The van der Waals surface area contributed by atoms with E-state index < -0.39 is 0 Å². The van der Waals surface area contributed by atoms with Crippen LogP contribution in [0.25, 0.3) is 20.8 Å². The Morgan fingerprint density at radius 1 is 1.21 bits per heavy atom. The maximum atomic E-state index is 5.54. The number of thiazole rings is 1. The van der Waals surface area contributed by atoms with E-state index >= 15 is 0 Å². The standard InChI is InChI=1S/C15H13NOS2/c1-2-17-11-8-12(18)14-13(9-11)19-15(16-14)10-6-4-3-5-7-10/h3-9,18H,2H2,1H3. The molecule has 0 N–H and O–H groups in total. The maximum absolute atomic E-state index is 5.54. The van der Waals surface area contributed by atoms with Gasteiger partial charge in [-0.3, -0.25) is 0 Å². The zero-order chi connectivity index (χ0) is 13.2. The fraction of sp³-hybridized carbons (Fsp3) is 0.133. The number of aromatic nitrogens is 1. The largest absolute Gasteiger partial charge is 0.494 e. The van der Waals surface area contributed by atoms with Gasteiger partial charge in [0.25, 0.3) is 0 Å². The monoisotopic (exact) mass is 287 g/mol. The average Bonchev–Trinajstić information content (AvgIpc) is 2.85. The third-order valence-corrected chi connectivity index (χ3v) is 4.17. The van der Waals surface area contributed by atoms with E-state index in [0.29, 0.717) is 6.61 Å². The maximum Gasteiger partial charge on any atom is 0.124 e. The van der Waals surface area contributed by atoms with Crippen LogP contribution in [0.2, 0.25) is 0 Å². The third-order valence-electron chi connectivity index (χ3n) is 2.78. The van der Waals surface area contributed by atoms with Crippen molar-refractivity contribution in [1.29, 1.82) is 0 Å². The molecule has 0 saturated carbocycles. The minimum absolute atomic E-state index is 0.656. The van der Waals surface area contributed by atoms with Crippen molar-refractivity contribution in [2.45, 2.75) is 11.8 Å². The van der Waals surface area contributed by atoms with Gasteiger partial charge in [0.1, 0.15) is 10.8 Å². The molecule has 0 aliphatic carbocycles. The number of fused-ring (bicyclic) bond motifs is 1. The summed E-state index contributed by atoms with van der Waals surface area (Å²) in [5.74, 6) is 0.850. The molecular weight excluding hydrogens is 274 g/mol. The van der Waals surface area contributed by atoms with Crippen LogP contribution in [0.4, 0.5) is 0 Å². The van der Waals surface area contributed by atoms with E-state index in [2.05, 4.69) is 29.7 Å². The second-order valence-corrected chi connectivity index (χ2v) is 5.62. The lowest BCUT2D eigenvalue weighted by atomic mass is 10.2. The van der Waals surface area contributed by atoms with Crippen LogP contribution in [-0.2, 0) is 0 Å². The highest BCUT2D eigenvalue weighted by atomic mass is 32.1. The molecule has 1 heterocycles. The van der Waals surface area contributed by atoms with Crippen molar-refractivity contribution in [2.24, 2.45) is 0 Å². The number of ether oxygens (including phenoxy) is 1. The van der Waals surface area contributed by atoms with Gasteiger partial charge in [0.15, 0.2) is 0 Å². The summed E-state index contributed by atoms with van der Waals surface area (Å²) in [4.78, 5) is 5.53. The lowest BCUT2D eigenvalue weighted by molar-refractivity contribution is 0.340. The highest BCUT2D eigenvalue weighted by molar-refractivity contribution is 7.80. The van der Waals surface area contributed by atoms with Crippen LogP contribution in [-0.4, -0.2) is 11.6 Å². The highest BCUT2D eigenvalue weighted by Crippen LogP contribution is 2.35. The van der Waals surface area contributed by atoms with Crippen LogP contribution >= 0.6 is 24.0 Å². The molecule has 2 nitrogen and oxygen atoms in total. The molecule has 4 heteroatoms. The summed E-state index contributed by atoms with van der Waals surface area (Å²) >= 11 is 6.17. The predicted molar refractivity (Wildman–Crippen MR) is 83.5 cm³/mol. The van der Waals surface area contributed by atoms with Gasteiger partial charge in [-0.05, 0) is 19.1 Å². The lowest BCUT2D eigenvalue weighted by Gasteiger charge is -2.03. The molecule has 0 aliphatic rings. The van der Waals surface area contributed by atoms with Crippen molar-refractivity contribution >= 4 is 34.2 Å². The van der Waals surface area contributed by atoms with Gasteiger partial charge in [0.2, 0.25) is 0 Å². The third kappa shape index (κ3) is 2.46. The van der Waals surface area contributed by atoms with Gasteiger partial charge in [-0.2, -0.15) is 0 Å². The predicted octanol–water partition coefficient (Wildman–Crippen LogP) is 4.65. The summed E-state index contributed by atoms with van der Waals surface area (Å²) in [5, 5.41) is 1.01. The molecule has 2 aromatic carbocycles. The molecule has 0 amide bonds. The fourth-order valence-electron chi connectivity index (χ4n) is 1.94. The first-order valence-corrected chi connectivity index (χ1v) is 7.36. The van der Waals surface area contributed by atoms with E-state index in [0.717, 1.165) is 31.4 Å². The highest BCUT2D eigenvalue weighted by Gasteiger charge is 2.10. The van der Waals surface area contributed by atoms with Crippen molar-refractivity contribution < 1.29 is 4.74 Å². The van der Waals surface area contributed by atoms with Gasteiger partial charge >= 0.3 is 0 Å². The molecule has 0 saturated heterocycles. The minimum Gasteiger partial charge on any atom is -0.494 e. The van der Waals surface area contributed by atoms with E-state index in [4.69, 9.17) is 4.74 Å². The zero-order valence-corrected chi connectivity index (χ0v) is 12.2. The van der Waals surface area contributed by atoms with Crippen LogP contribution in [0.1, 0.15) is 6.92 Å². The Labute approximate surface area is 121 Å². The van der Waals surface area contributed by atoms with Crippen molar-refractivity contribution in [3.63, 3.8) is 0 Å². The van der Waals surface area contributed by atoms with Crippen LogP contribution in [0.15, 0.2) is 47.4 Å². The van der Waals surface area contributed by atoms with Crippen molar-refractivity contribution in [3.8, 4) is 16.3 Å². The van der Waals surface area contributed by atoms with Gasteiger partial charge < -0.3 is 4.74 Å². The van der Waals surface area contributed by atoms with Gasteiger partial charge in [-0.1, -0.05) is 30.3 Å². The van der Waals surface area contributed by atoms with Crippen LogP contribution in [0.5, 0.6) is 5.75 Å². The Morgan fingerprint density at radius 3 is 2.74 bits per heavy atom. The number of hydrogen-bond donors (Lipinski definition) is 1. The average molecular weight is 287 g/mol. The fourth-order valence-corrected chi connectivity index (χ4v) is 3.34. The Bertz CT molecular complexity index is 707. The summed E-state index contributed by atoms with van der Waals surface area (Å²) < 4.78 is 6.65. The van der Waals surface area contributed by atoms with Gasteiger partial charge in [-0.15, -0.1) is 24.0 Å². The topological polar surface area (TPSA) is 22.1 Å². The summed E-state index contributed by atoms with van der Waals surface area (Å²) in [5.41, 5.74) is 2.07. The molecule has 1 aromatic heterocycles. The summed E-state index contributed by atoms with van der Waals surface area (Å²) in [7, 11) is 0. The van der Waals surface area contributed by atoms with E-state index in [1.165, 1.54) is 0 Å². The van der Waals surface area contributed by atoms with Crippen LogP contribution in [0, 0.1) is 0 Å². The van der Waals surface area contributed by atoms with Crippen molar-refractivity contribution in [2.75, 3.05) is 6.61 Å². The van der Waals surface area contributed by atoms with Crippen molar-refractivity contribution in [1.82, 2.24) is 4.98 Å².